The van der Waals surface area contributed by atoms with Gasteiger partial charge < -0.3 is 5.11 Å². The number of rotatable bonds is 1. The van der Waals surface area contributed by atoms with Crippen molar-refractivity contribution in [2.24, 2.45) is 28.6 Å². The molecule has 2 nitrogen and oxygen atoms in total. The molecule has 4 fully saturated rings. The number of allylic oxidation sites excluding steroid dienone is 1. The summed E-state index contributed by atoms with van der Waals surface area (Å²) in [5, 5.41) is 9.46. The molecule has 0 bridgehead atoms. The zero-order chi connectivity index (χ0) is 24.1. The molecule has 0 saturated heterocycles. The molecule has 5 aliphatic rings. The van der Waals surface area contributed by atoms with Crippen LogP contribution in [-0.4, -0.2) is 33.6 Å². The van der Waals surface area contributed by atoms with E-state index in [0.717, 1.165) is 19.3 Å². The molecule has 0 amide bonds. The third-order valence-electron chi connectivity index (χ3n) is 9.58. The normalized spacial score (nSPS) is 45.2. The maximum absolute atomic E-state index is 16.4. The largest absolute Gasteiger partial charge is 0.390 e. The minimum Gasteiger partial charge on any atom is -0.390 e. The van der Waals surface area contributed by atoms with Crippen LogP contribution in [0.5, 0.6) is 0 Å². The first-order valence-corrected chi connectivity index (χ1v) is 13.3. The summed E-state index contributed by atoms with van der Waals surface area (Å²) in [7, 11) is 0. The Kier molecular flexibility index (Phi) is 7.35. The molecule has 4 saturated carbocycles. The van der Waals surface area contributed by atoms with E-state index < -0.39 is 17.3 Å². The molecule has 0 radical (unpaired) electrons. The first-order valence-electron chi connectivity index (χ1n) is 12.8. The SMILES string of the molecule is CC.CC(C)(O)C1CC1.CC12CC[C@@]3(F)C(C[C@H](F)C4=CC(=O)CCC43C)C1CC[C@@H]2S. The van der Waals surface area contributed by atoms with E-state index in [9.17, 15) is 9.18 Å². The van der Waals surface area contributed by atoms with Crippen molar-refractivity contribution >= 4 is 18.4 Å². The van der Waals surface area contributed by atoms with Crippen LogP contribution in [0.4, 0.5) is 8.78 Å². The van der Waals surface area contributed by atoms with Crippen LogP contribution in [0.1, 0.15) is 99.3 Å². The van der Waals surface area contributed by atoms with Gasteiger partial charge in [-0.2, -0.15) is 12.6 Å². The fourth-order valence-corrected chi connectivity index (χ4v) is 7.66. The van der Waals surface area contributed by atoms with Crippen molar-refractivity contribution in [3.8, 4) is 0 Å². The van der Waals surface area contributed by atoms with Gasteiger partial charge in [0.05, 0.1) is 5.60 Å². The molecule has 4 unspecified atom stereocenters. The standard InChI is InChI=1S/C19H26F2OS.C6H12O.C2H6/c1-17-7-8-19(21)13(12(17)3-4-16(17)23)10-15(20)14-9-11(22)5-6-18(14,19)2;1-6(2,7)5-3-4-5;1-2/h9,12-13,15-16,23H,3-8,10H2,1-2H3;5,7H,3-4H2,1-2H3;1-2H3/t12?,13?,15-,16-,17?,18?,19+;;/m0../s1. The molecule has 0 spiro atoms. The van der Waals surface area contributed by atoms with Crippen molar-refractivity contribution < 1.29 is 18.7 Å². The Hall–Kier alpha value is -0.420. The van der Waals surface area contributed by atoms with Crippen LogP contribution < -0.4 is 0 Å². The Labute approximate surface area is 199 Å². The second-order valence-corrected chi connectivity index (χ2v) is 12.3. The zero-order valence-electron chi connectivity index (χ0n) is 20.9. The Bertz CT molecular complexity index is 742. The van der Waals surface area contributed by atoms with Gasteiger partial charge in [0.15, 0.2) is 5.78 Å². The highest BCUT2D eigenvalue weighted by molar-refractivity contribution is 7.81. The number of carbonyl (C=O) groups is 1. The lowest BCUT2D eigenvalue weighted by atomic mass is 9.45. The van der Waals surface area contributed by atoms with Crippen LogP contribution in [0, 0.1) is 28.6 Å². The van der Waals surface area contributed by atoms with Crippen LogP contribution in [0.3, 0.4) is 0 Å². The summed E-state index contributed by atoms with van der Waals surface area (Å²) < 4.78 is 31.4. The molecule has 32 heavy (non-hydrogen) atoms. The maximum atomic E-state index is 16.4. The fourth-order valence-electron chi connectivity index (χ4n) is 7.19. The van der Waals surface area contributed by atoms with Crippen molar-refractivity contribution in [3.63, 3.8) is 0 Å². The van der Waals surface area contributed by atoms with Crippen LogP contribution in [0.15, 0.2) is 11.6 Å². The highest BCUT2D eigenvalue weighted by Gasteiger charge is 2.68. The van der Waals surface area contributed by atoms with Gasteiger partial charge in [0.2, 0.25) is 0 Å². The predicted octanol–water partition coefficient (Wildman–Crippen LogP) is 7.05. The lowest BCUT2D eigenvalue weighted by molar-refractivity contribution is -0.150. The van der Waals surface area contributed by atoms with Gasteiger partial charge in [0.25, 0.3) is 0 Å². The van der Waals surface area contributed by atoms with E-state index in [1.165, 1.54) is 18.9 Å². The fraction of sp³-hybridized carbons (Fsp3) is 0.889. The van der Waals surface area contributed by atoms with E-state index in [1.807, 2.05) is 34.6 Å². The Morgan fingerprint density at radius 3 is 2.22 bits per heavy atom. The molecule has 5 heteroatoms. The summed E-state index contributed by atoms with van der Waals surface area (Å²) >= 11 is 4.76. The van der Waals surface area contributed by atoms with Crippen LogP contribution in [-0.2, 0) is 4.79 Å². The topological polar surface area (TPSA) is 37.3 Å². The van der Waals surface area contributed by atoms with Gasteiger partial charge in [-0.25, -0.2) is 8.78 Å². The summed E-state index contributed by atoms with van der Waals surface area (Å²) in [5.74, 6) is 0.549. The van der Waals surface area contributed by atoms with Crippen molar-refractivity contribution in [2.75, 3.05) is 0 Å². The number of hydrogen-bond acceptors (Lipinski definition) is 3. The number of thiol groups is 1. The predicted molar refractivity (Wildman–Crippen MR) is 130 cm³/mol. The summed E-state index contributed by atoms with van der Waals surface area (Å²) in [6.07, 6.45) is 7.03. The molecule has 0 aliphatic heterocycles. The average molecular weight is 471 g/mol. The monoisotopic (exact) mass is 470 g/mol. The number of fused-ring (bicyclic) bond motifs is 5. The smallest absolute Gasteiger partial charge is 0.155 e. The highest BCUT2D eigenvalue weighted by Crippen LogP contribution is 2.69. The molecule has 184 valence electrons. The van der Waals surface area contributed by atoms with E-state index in [-0.39, 0.29) is 35.1 Å². The van der Waals surface area contributed by atoms with Crippen molar-refractivity contribution in [2.45, 2.75) is 122 Å². The van der Waals surface area contributed by atoms with E-state index in [0.29, 0.717) is 36.0 Å². The molecule has 0 aromatic carbocycles. The number of aliphatic hydroxyl groups is 1. The molecule has 7 atom stereocenters. The minimum atomic E-state index is -1.37. The second-order valence-electron chi connectivity index (χ2n) is 11.7. The molecule has 5 aliphatic carbocycles. The Morgan fingerprint density at radius 1 is 1.06 bits per heavy atom. The van der Waals surface area contributed by atoms with Crippen LogP contribution in [0.2, 0.25) is 0 Å². The lowest BCUT2D eigenvalue weighted by Crippen LogP contribution is -2.62. The van der Waals surface area contributed by atoms with Gasteiger partial charge in [-0.05, 0) is 94.1 Å². The summed E-state index contributed by atoms with van der Waals surface area (Å²) in [6.45, 7) is 11.9. The number of ketones is 1. The zero-order valence-corrected chi connectivity index (χ0v) is 21.8. The molecule has 0 aromatic heterocycles. The summed E-state index contributed by atoms with van der Waals surface area (Å²) in [4.78, 5) is 11.8. The van der Waals surface area contributed by atoms with Crippen LogP contribution in [0.25, 0.3) is 0 Å². The molecule has 0 aromatic rings. The molecule has 5 rings (SSSR count). The molecular formula is C27H44F2O2S. The summed E-state index contributed by atoms with van der Waals surface area (Å²) in [5.41, 5.74) is -2.09. The van der Waals surface area contributed by atoms with Crippen LogP contribution >= 0.6 is 12.6 Å². The second kappa shape index (κ2) is 8.98. The van der Waals surface area contributed by atoms with Gasteiger partial charge in [-0.1, -0.05) is 27.7 Å². The first-order chi connectivity index (χ1) is 14.8. The Morgan fingerprint density at radius 2 is 1.69 bits per heavy atom. The van der Waals surface area contributed by atoms with Gasteiger partial charge in [-0.15, -0.1) is 0 Å². The van der Waals surface area contributed by atoms with Gasteiger partial charge >= 0.3 is 0 Å². The third-order valence-corrected chi connectivity index (χ3v) is 10.4. The Balaban J connectivity index is 0.000000272. The van der Waals surface area contributed by atoms with Crippen molar-refractivity contribution in [3.05, 3.63) is 11.6 Å². The number of alkyl halides is 2. The number of hydrogen-bond donors (Lipinski definition) is 2. The minimum absolute atomic E-state index is 0.0329. The first kappa shape index (κ1) is 26.2. The van der Waals surface area contributed by atoms with E-state index in [1.54, 1.807) is 0 Å². The van der Waals surface area contributed by atoms with E-state index >= 15 is 4.39 Å². The van der Waals surface area contributed by atoms with Gasteiger partial charge in [0.1, 0.15) is 11.8 Å². The third kappa shape index (κ3) is 4.23. The molecule has 1 N–H and O–H groups in total. The summed E-state index contributed by atoms with van der Waals surface area (Å²) in [6, 6.07) is 0. The number of carbonyl (C=O) groups excluding carboxylic acids is 1. The lowest BCUT2D eigenvalue weighted by Gasteiger charge is -2.61. The van der Waals surface area contributed by atoms with Crippen molar-refractivity contribution in [1.82, 2.24) is 0 Å². The van der Waals surface area contributed by atoms with E-state index in [2.05, 4.69) is 6.92 Å². The molecular weight excluding hydrogens is 426 g/mol. The van der Waals surface area contributed by atoms with Crippen molar-refractivity contribution in [1.29, 1.82) is 0 Å². The van der Waals surface area contributed by atoms with E-state index in [4.69, 9.17) is 17.7 Å². The quantitative estimate of drug-likeness (QED) is 0.403. The number of halogens is 2. The van der Waals surface area contributed by atoms with Gasteiger partial charge in [0, 0.05) is 23.0 Å². The van der Waals surface area contributed by atoms with Gasteiger partial charge in [-0.3, -0.25) is 4.79 Å². The molecule has 0 heterocycles. The average Bonchev–Trinajstić information content (AvgIpc) is 3.55. The highest BCUT2D eigenvalue weighted by atomic mass is 32.1. The maximum Gasteiger partial charge on any atom is 0.155 e.